The highest BCUT2D eigenvalue weighted by molar-refractivity contribution is 6.05. The average Bonchev–Trinajstić information content (AvgIpc) is 2.88. The number of hydrogen-bond donors (Lipinski definition) is 1. The van der Waals surface area contributed by atoms with Crippen LogP contribution in [0.2, 0.25) is 0 Å². The minimum atomic E-state index is -0.104. The molecular formula is C20H25N3O. The highest BCUT2D eigenvalue weighted by Gasteiger charge is 2.14. The van der Waals surface area contributed by atoms with Crippen molar-refractivity contribution in [3.05, 3.63) is 53.3 Å². The largest absolute Gasteiger partial charge is 0.370 e. The molecule has 0 aliphatic carbocycles. The summed E-state index contributed by atoms with van der Waals surface area (Å²) in [7, 11) is 0. The van der Waals surface area contributed by atoms with Gasteiger partial charge in [0, 0.05) is 25.0 Å². The highest BCUT2D eigenvalue weighted by Crippen LogP contribution is 2.22. The van der Waals surface area contributed by atoms with E-state index in [1.54, 1.807) is 6.20 Å². The smallest absolute Gasteiger partial charge is 0.257 e. The molecule has 1 amide bonds. The molecule has 4 nitrogen and oxygen atoms in total. The number of aromatic nitrogens is 1. The topological polar surface area (TPSA) is 45.2 Å². The van der Waals surface area contributed by atoms with E-state index < -0.39 is 0 Å². The number of amides is 1. The fourth-order valence-corrected chi connectivity index (χ4v) is 3.13. The van der Waals surface area contributed by atoms with Crippen molar-refractivity contribution in [1.82, 2.24) is 4.98 Å². The molecule has 0 bridgehead atoms. The number of carbonyl (C=O) groups excluding carboxylic acids is 1. The number of pyridine rings is 1. The second-order valence-corrected chi connectivity index (χ2v) is 6.53. The van der Waals surface area contributed by atoms with E-state index in [1.807, 2.05) is 44.3 Å². The van der Waals surface area contributed by atoms with Crippen LogP contribution >= 0.6 is 0 Å². The number of nitrogens with one attached hydrogen (secondary N) is 1. The first-order chi connectivity index (χ1) is 11.6. The van der Waals surface area contributed by atoms with Crippen LogP contribution < -0.4 is 10.2 Å². The zero-order chi connectivity index (χ0) is 16.9. The highest BCUT2D eigenvalue weighted by atomic mass is 16.1. The van der Waals surface area contributed by atoms with Gasteiger partial charge in [0.15, 0.2) is 0 Å². The fourth-order valence-electron chi connectivity index (χ4n) is 3.13. The van der Waals surface area contributed by atoms with Crippen LogP contribution in [0.5, 0.6) is 0 Å². The molecule has 1 aromatic carbocycles. The summed E-state index contributed by atoms with van der Waals surface area (Å²) in [6.07, 6.45) is 8.49. The molecule has 1 aromatic heterocycles. The normalized spacial score (nSPS) is 15.0. The lowest BCUT2D eigenvalue weighted by molar-refractivity contribution is 0.102. The van der Waals surface area contributed by atoms with Crippen LogP contribution in [0.3, 0.4) is 0 Å². The summed E-state index contributed by atoms with van der Waals surface area (Å²) in [6, 6.07) is 7.90. The molecule has 1 aliphatic heterocycles. The molecule has 2 heterocycles. The van der Waals surface area contributed by atoms with E-state index in [4.69, 9.17) is 0 Å². The first-order valence-corrected chi connectivity index (χ1v) is 8.73. The van der Waals surface area contributed by atoms with Gasteiger partial charge in [-0.15, -0.1) is 0 Å². The molecule has 1 fully saturated rings. The van der Waals surface area contributed by atoms with Crippen molar-refractivity contribution in [1.29, 1.82) is 0 Å². The molecule has 3 rings (SSSR count). The van der Waals surface area contributed by atoms with Gasteiger partial charge in [-0.3, -0.25) is 9.78 Å². The molecule has 2 aromatic rings. The number of benzene rings is 1. The SMILES string of the molecule is Cc1cccc(NC(=O)c2cncc(N3CCCCCC3)c2)c1C. The van der Waals surface area contributed by atoms with E-state index in [0.717, 1.165) is 30.0 Å². The van der Waals surface area contributed by atoms with Gasteiger partial charge in [-0.05, 0) is 49.9 Å². The van der Waals surface area contributed by atoms with Crippen LogP contribution in [0.15, 0.2) is 36.7 Å². The Bertz CT molecular complexity index is 719. The third kappa shape index (κ3) is 3.75. The fraction of sp³-hybridized carbons (Fsp3) is 0.400. The summed E-state index contributed by atoms with van der Waals surface area (Å²) in [4.78, 5) is 19.2. The zero-order valence-electron chi connectivity index (χ0n) is 14.5. The Morgan fingerprint density at radius 3 is 2.58 bits per heavy atom. The Labute approximate surface area is 143 Å². The van der Waals surface area contributed by atoms with Gasteiger partial charge in [-0.2, -0.15) is 0 Å². The maximum Gasteiger partial charge on any atom is 0.257 e. The average molecular weight is 323 g/mol. The Kier molecular flexibility index (Phi) is 5.14. The lowest BCUT2D eigenvalue weighted by atomic mass is 10.1. The van der Waals surface area contributed by atoms with E-state index in [1.165, 1.54) is 31.2 Å². The number of anilines is 2. The molecule has 126 valence electrons. The molecule has 0 spiro atoms. The third-order valence-corrected chi connectivity index (χ3v) is 4.81. The monoisotopic (exact) mass is 323 g/mol. The number of nitrogens with zero attached hydrogens (tertiary/aromatic N) is 2. The predicted molar refractivity (Wildman–Crippen MR) is 98.8 cm³/mol. The lowest BCUT2D eigenvalue weighted by Crippen LogP contribution is -2.24. The summed E-state index contributed by atoms with van der Waals surface area (Å²) in [5, 5.41) is 3.01. The Hall–Kier alpha value is -2.36. The van der Waals surface area contributed by atoms with Crippen molar-refractivity contribution >= 4 is 17.3 Å². The van der Waals surface area contributed by atoms with Crippen molar-refractivity contribution in [2.24, 2.45) is 0 Å². The number of rotatable bonds is 3. The molecule has 4 heteroatoms. The second kappa shape index (κ2) is 7.47. The van der Waals surface area contributed by atoms with Gasteiger partial charge < -0.3 is 10.2 Å². The van der Waals surface area contributed by atoms with Gasteiger partial charge >= 0.3 is 0 Å². The molecule has 24 heavy (non-hydrogen) atoms. The summed E-state index contributed by atoms with van der Waals surface area (Å²) < 4.78 is 0. The number of carbonyl (C=O) groups is 1. The van der Waals surface area contributed by atoms with Crippen LogP contribution in [-0.2, 0) is 0 Å². The molecular weight excluding hydrogens is 298 g/mol. The quantitative estimate of drug-likeness (QED) is 0.914. The summed E-state index contributed by atoms with van der Waals surface area (Å²) in [5.74, 6) is -0.104. The molecule has 0 atom stereocenters. The molecule has 1 aliphatic rings. The molecule has 1 N–H and O–H groups in total. The van der Waals surface area contributed by atoms with E-state index in [0.29, 0.717) is 5.56 Å². The van der Waals surface area contributed by atoms with Crippen LogP contribution in [0.1, 0.15) is 47.2 Å². The van der Waals surface area contributed by atoms with Crippen molar-refractivity contribution in [2.75, 3.05) is 23.3 Å². The summed E-state index contributed by atoms with van der Waals surface area (Å²) in [6.45, 7) is 6.16. The number of aryl methyl sites for hydroxylation is 1. The van der Waals surface area contributed by atoms with Crippen LogP contribution in [0.25, 0.3) is 0 Å². The van der Waals surface area contributed by atoms with E-state index in [-0.39, 0.29) is 5.91 Å². The van der Waals surface area contributed by atoms with Gasteiger partial charge in [0.05, 0.1) is 17.4 Å². The van der Waals surface area contributed by atoms with E-state index in [9.17, 15) is 4.79 Å². The second-order valence-electron chi connectivity index (χ2n) is 6.53. The van der Waals surface area contributed by atoms with Crippen molar-refractivity contribution < 1.29 is 4.79 Å². The maximum absolute atomic E-state index is 12.6. The maximum atomic E-state index is 12.6. The van der Waals surface area contributed by atoms with Gasteiger partial charge in [-0.1, -0.05) is 25.0 Å². The summed E-state index contributed by atoms with van der Waals surface area (Å²) >= 11 is 0. The van der Waals surface area contributed by atoms with Crippen molar-refractivity contribution in [3.63, 3.8) is 0 Å². The Morgan fingerprint density at radius 2 is 1.83 bits per heavy atom. The van der Waals surface area contributed by atoms with Gasteiger partial charge in [0.25, 0.3) is 5.91 Å². The van der Waals surface area contributed by atoms with Crippen LogP contribution in [-0.4, -0.2) is 24.0 Å². The molecule has 1 saturated heterocycles. The molecule has 0 unspecified atom stereocenters. The standard InChI is InChI=1S/C20H25N3O/c1-15-8-7-9-19(16(15)2)22-20(24)17-12-18(14-21-13-17)23-10-5-3-4-6-11-23/h7-9,12-14H,3-6,10-11H2,1-2H3,(H,22,24). The Morgan fingerprint density at radius 1 is 1.08 bits per heavy atom. The Balaban J connectivity index is 1.77. The third-order valence-electron chi connectivity index (χ3n) is 4.81. The van der Waals surface area contributed by atoms with Gasteiger partial charge in [-0.25, -0.2) is 0 Å². The van der Waals surface area contributed by atoms with Gasteiger partial charge in [0.2, 0.25) is 0 Å². The number of hydrogen-bond acceptors (Lipinski definition) is 3. The first-order valence-electron chi connectivity index (χ1n) is 8.73. The molecule has 0 saturated carbocycles. The molecule has 0 radical (unpaired) electrons. The van der Waals surface area contributed by atoms with Crippen molar-refractivity contribution in [3.8, 4) is 0 Å². The van der Waals surface area contributed by atoms with Crippen LogP contribution in [0, 0.1) is 13.8 Å². The lowest BCUT2D eigenvalue weighted by Gasteiger charge is -2.22. The van der Waals surface area contributed by atoms with E-state index >= 15 is 0 Å². The first kappa shape index (κ1) is 16.5. The van der Waals surface area contributed by atoms with Crippen molar-refractivity contribution in [2.45, 2.75) is 39.5 Å². The van der Waals surface area contributed by atoms with Crippen LogP contribution in [0.4, 0.5) is 11.4 Å². The van der Waals surface area contributed by atoms with Gasteiger partial charge in [0.1, 0.15) is 0 Å². The summed E-state index contributed by atoms with van der Waals surface area (Å²) in [5.41, 5.74) is 4.79. The zero-order valence-corrected chi connectivity index (χ0v) is 14.5. The minimum absolute atomic E-state index is 0.104. The minimum Gasteiger partial charge on any atom is -0.370 e. The van der Waals surface area contributed by atoms with E-state index in [2.05, 4.69) is 15.2 Å². The predicted octanol–water partition coefficient (Wildman–Crippen LogP) is 4.33.